The molecule has 0 amide bonds. The van der Waals surface area contributed by atoms with Crippen LogP contribution in [-0.2, 0) is 11.4 Å². The molecule has 4 rings (SSSR count). The fourth-order valence-corrected chi connectivity index (χ4v) is 5.79. The molecule has 8 nitrogen and oxygen atoms in total. The van der Waals surface area contributed by atoms with Crippen LogP contribution in [0.4, 0.5) is 0 Å². The van der Waals surface area contributed by atoms with Crippen molar-refractivity contribution < 1.29 is 24.9 Å². The number of aromatic nitrogens is 2. The van der Waals surface area contributed by atoms with E-state index in [9.17, 15) is 20.1 Å². The van der Waals surface area contributed by atoms with E-state index in [2.05, 4.69) is 14.9 Å². The quantitative estimate of drug-likeness (QED) is 0.330. The maximum atomic E-state index is 12.4. The molecule has 9 heteroatoms. The molecule has 0 aliphatic carbocycles. The molecule has 1 aromatic carbocycles. The standard InChI is InChI=1S/C27H33N3O5S/c1-35-20-5-6-22-21(16-20)25(19(18-31)17-29-22)23(32)7-8-27(26(33)34)9-12-30(13-10-27)14-15-36-24-4-2-3-11-28-24/h2-6,11,16-17,23,31-32H,7-10,12-15,18H2,1H3,(H,33,34). The summed E-state index contributed by atoms with van der Waals surface area (Å²) in [6, 6.07) is 11.3. The normalized spacial score (nSPS) is 16.6. The summed E-state index contributed by atoms with van der Waals surface area (Å²) < 4.78 is 5.34. The lowest BCUT2D eigenvalue weighted by molar-refractivity contribution is -0.153. The highest BCUT2D eigenvalue weighted by atomic mass is 32.2. The summed E-state index contributed by atoms with van der Waals surface area (Å²) in [5.74, 6) is 0.725. The molecule has 192 valence electrons. The number of rotatable bonds is 11. The SMILES string of the molecule is COc1ccc2ncc(CO)c(C(O)CCC3(C(=O)O)CCN(CCSc4ccccn4)CC3)c2c1. The zero-order valence-electron chi connectivity index (χ0n) is 20.5. The molecule has 1 unspecified atom stereocenters. The molecule has 3 heterocycles. The first kappa shape index (κ1) is 26.3. The van der Waals surface area contributed by atoms with E-state index >= 15 is 0 Å². The summed E-state index contributed by atoms with van der Waals surface area (Å²) in [6.07, 6.45) is 4.16. The predicted molar refractivity (Wildman–Crippen MR) is 139 cm³/mol. The zero-order chi connectivity index (χ0) is 25.5. The molecule has 36 heavy (non-hydrogen) atoms. The number of carbonyl (C=O) groups is 1. The number of aliphatic hydroxyl groups is 2. The van der Waals surface area contributed by atoms with Gasteiger partial charge in [-0.2, -0.15) is 0 Å². The predicted octanol–water partition coefficient (Wildman–Crippen LogP) is 3.90. The first-order valence-corrected chi connectivity index (χ1v) is 13.2. The molecule has 2 aromatic heterocycles. The molecule has 0 spiro atoms. The second-order valence-electron chi connectivity index (χ2n) is 9.24. The molecule has 1 saturated heterocycles. The number of carboxylic acids is 1. The molecule has 0 bridgehead atoms. The van der Waals surface area contributed by atoms with E-state index in [0.717, 1.165) is 17.3 Å². The van der Waals surface area contributed by atoms with Gasteiger partial charge in [0.05, 0.1) is 35.8 Å². The summed E-state index contributed by atoms with van der Waals surface area (Å²) in [7, 11) is 1.57. The van der Waals surface area contributed by atoms with Gasteiger partial charge in [0.25, 0.3) is 0 Å². The molecule has 0 radical (unpaired) electrons. The molecule has 3 aromatic rings. The number of piperidine rings is 1. The number of aliphatic hydroxyl groups excluding tert-OH is 2. The maximum absolute atomic E-state index is 12.4. The van der Waals surface area contributed by atoms with Gasteiger partial charge in [-0.1, -0.05) is 6.07 Å². The van der Waals surface area contributed by atoms with Gasteiger partial charge in [-0.25, -0.2) is 4.98 Å². The van der Waals surface area contributed by atoms with E-state index in [1.165, 1.54) is 0 Å². The Bertz CT molecular complexity index is 1160. The van der Waals surface area contributed by atoms with Crippen molar-refractivity contribution in [3.63, 3.8) is 0 Å². The summed E-state index contributed by atoms with van der Waals surface area (Å²) in [5, 5.41) is 32.9. The maximum Gasteiger partial charge on any atom is 0.309 e. The van der Waals surface area contributed by atoms with Crippen LogP contribution in [0.3, 0.4) is 0 Å². The van der Waals surface area contributed by atoms with Crippen molar-refractivity contribution in [1.29, 1.82) is 0 Å². The second-order valence-corrected chi connectivity index (χ2v) is 10.4. The Morgan fingerprint density at radius 2 is 2.03 bits per heavy atom. The number of nitrogens with zero attached hydrogens (tertiary/aromatic N) is 3. The van der Waals surface area contributed by atoms with Gasteiger partial charge in [0.2, 0.25) is 0 Å². The molecule has 1 aliphatic heterocycles. The highest BCUT2D eigenvalue weighted by Gasteiger charge is 2.41. The van der Waals surface area contributed by atoms with E-state index in [4.69, 9.17) is 4.74 Å². The smallest absolute Gasteiger partial charge is 0.309 e. The Labute approximate surface area is 215 Å². The lowest BCUT2D eigenvalue weighted by atomic mass is 9.74. The van der Waals surface area contributed by atoms with Crippen molar-refractivity contribution >= 4 is 28.6 Å². The number of benzene rings is 1. The third kappa shape index (κ3) is 5.98. The van der Waals surface area contributed by atoms with Crippen molar-refractivity contribution in [3.05, 3.63) is 59.9 Å². The van der Waals surface area contributed by atoms with Crippen LogP contribution in [0.1, 0.15) is 42.9 Å². The number of likely N-dealkylation sites (tertiary alicyclic amines) is 1. The minimum absolute atomic E-state index is 0.262. The van der Waals surface area contributed by atoms with Crippen molar-refractivity contribution in [2.45, 2.75) is 43.4 Å². The third-order valence-electron chi connectivity index (χ3n) is 7.16. The minimum atomic E-state index is -0.922. The number of hydrogen-bond acceptors (Lipinski definition) is 8. The van der Waals surface area contributed by atoms with Gasteiger partial charge in [-0.3, -0.25) is 9.78 Å². The van der Waals surface area contributed by atoms with E-state index < -0.39 is 17.5 Å². The summed E-state index contributed by atoms with van der Waals surface area (Å²) in [6.45, 7) is 2.04. The topological polar surface area (TPSA) is 116 Å². The van der Waals surface area contributed by atoms with Crippen molar-refractivity contribution in [2.75, 3.05) is 32.5 Å². The Morgan fingerprint density at radius 3 is 2.69 bits per heavy atom. The summed E-state index contributed by atoms with van der Waals surface area (Å²) >= 11 is 1.70. The first-order chi connectivity index (χ1) is 17.5. The average molecular weight is 512 g/mol. The zero-order valence-corrected chi connectivity index (χ0v) is 21.3. The highest BCUT2D eigenvalue weighted by Crippen LogP contribution is 2.40. The number of fused-ring (bicyclic) bond motifs is 1. The van der Waals surface area contributed by atoms with Crippen LogP contribution in [0.2, 0.25) is 0 Å². The van der Waals surface area contributed by atoms with E-state index in [0.29, 0.717) is 60.1 Å². The van der Waals surface area contributed by atoms with Gasteiger partial charge >= 0.3 is 5.97 Å². The molecule has 1 atom stereocenters. The van der Waals surface area contributed by atoms with E-state index in [-0.39, 0.29) is 13.0 Å². The fourth-order valence-electron chi connectivity index (χ4n) is 4.92. The number of methoxy groups -OCH3 is 1. The third-order valence-corrected chi connectivity index (χ3v) is 8.09. The van der Waals surface area contributed by atoms with Crippen LogP contribution in [0.15, 0.2) is 53.8 Å². The number of pyridine rings is 2. The van der Waals surface area contributed by atoms with Gasteiger partial charge in [-0.05, 0) is 74.7 Å². The van der Waals surface area contributed by atoms with Gasteiger partial charge < -0.3 is 25.0 Å². The van der Waals surface area contributed by atoms with Crippen molar-refractivity contribution in [1.82, 2.24) is 14.9 Å². The number of ether oxygens (including phenoxy) is 1. The molecular weight excluding hydrogens is 478 g/mol. The van der Waals surface area contributed by atoms with Crippen LogP contribution >= 0.6 is 11.8 Å². The lowest BCUT2D eigenvalue weighted by Crippen LogP contribution is -2.45. The van der Waals surface area contributed by atoms with Gasteiger partial charge in [0, 0.05) is 35.6 Å². The molecule has 1 fully saturated rings. The lowest BCUT2D eigenvalue weighted by Gasteiger charge is -2.39. The van der Waals surface area contributed by atoms with Crippen LogP contribution in [0, 0.1) is 5.41 Å². The van der Waals surface area contributed by atoms with Crippen LogP contribution < -0.4 is 4.74 Å². The molecule has 3 N–H and O–H groups in total. The largest absolute Gasteiger partial charge is 0.497 e. The van der Waals surface area contributed by atoms with Gasteiger partial charge in [0.15, 0.2) is 0 Å². The van der Waals surface area contributed by atoms with Crippen LogP contribution in [-0.4, -0.2) is 68.7 Å². The monoisotopic (exact) mass is 511 g/mol. The molecule has 0 saturated carbocycles. The Kier molecular flexibility index (Phi) is 8.79. The van der Waals surface area contributed by atoms with E-state index in [1.54, 1.807) is 43.4 Å². The van der Waals surface area contributed by atoms with E-state index in [1.807, 2.05) is 24.3 Å². The number of aliphatic carboxylic acids is 1. The summed E-state index contributed by atoms with van der Waals surface area (Å²) in [5.41, 5.74) is 0.941. The Balaban J connectivity index is 1.40. The number of carboxylic acid groups (broad SMARTS) is 1. The second kappa shape index (κ2) is 12.0. The first-order valence-electron chi connectivity index (χ1n) is 12.2. The number of hydrogen-bond donors (Lipinski definition) is 3. The van der Waals surface area contributed by atoms with Crippen LogP contribution in [0.5, 0.6) is 5.75 Å². The van der Waals surface area contributed by atoms with Gasteiger partial charge in [-0.15, -0.1) is 11.8 Å². The van der Waals surface area contributed by atoms with Gasteiger partial charge in [0.1, 0.15) is 5.75 Å². The number of thioether (sulfide) groups is 1. The molecule has 1 aliphatic rings. The minimum Gasteiger partial charge on any atom is -0.497 e. The van der Waals surface area contributed by atoms with Crippen molar-refractivity contribution in [2.24, 2.45) is 5.41 Å². The Morgan fingerprint density at radius 1 is 1.22 bits per heavy atom. The fraction of sp³-hybridized carbons (Fsp3) is 0.444. The molecular formula is C27H33N3O5S. The average Bonchev–Trinajstić information content (AvgIpc) is 2.92. The van der Waals surface area contributed by atoms with Crippen molar-refractivity contribution in [3.8, 4) is 5.75 Å². The van der Waals surface area contributed by atoms with Crippen LogP contribution in [0.25, 0.3) is 10.9 Å². The Hall–Kier alpha value is -2.72. The summed E-state index contributed by atoms with van der Waals surface area (Å²) in [4.78, 5) is 23.4. The highest BCUT2D eigenvalue weighted by molar-refractivity contribution is 7.99.